The van der Waals surface area contributed by atoms with Gasteiger partial charge in [0, 0.05) is 37.2 Å². The van der Waals surface area contributed by atoms with Gasteiger partial charge in [-0.2, -0.15) is 13.2 Å². The number of halogens is 5. The molecule has 1 aliphatic heterocycles. The number of benzene rings is 3. The fourth-order valence-electron chi connectivity index (χ4n) is 3.63. The van der Waals surface area contributed by atoms with E-state index >= 15 is 0 Å². The fourth-order valence-corrected chi connectivity index (χ4v) is 4.35. The predicted octanol–water partition coefficient (Wildman–Crippen LogP) is 7.77. The Hall–Kier alpha value is -2.91. The molecule has 0 unspecified atom stereocenters. The number of alkyl halides is 3. The van der Waals surface area contributed by atoms with Crippen molar-refractivity contribution >= 4 is 59.9 Å². The van der Waals surface area contributed by atoms with Crippen LogP contribution in [-0.2, 0) is 17.6 Å². The summed E-state index contributed by atoms with van der Waals surface area (Å²) < 4.78 is 40.2. The van der Waals surface area contributed by atoms with Gasteiger partial charge in [0.05, 0.1) is 11.3 Å². The van der Waals surface area contributed by atoms with Crippen LogP contribution in [0.4, 0.5) is 18.9 Å². The van der Waals surface area contributed by atoms with Crippen molar-refractivity contribution in [1.82, 2.24) is 4.98 Å². The molecule has 0 saturated heterocycles. The average molecular weight is 577 g/mol. The third kappa shape index (κ3) is 4.35. The monoisotopic (exact) mass is 575 g/mol. The molecule has 1 N–H and O–H groups in total. The summed E-state index contributed by atoms with van der Waals surface area (Å²) in [5, 5.41) is 5.33. The van der Waals surface area contributed by atoms with Gasteiger partial charge in [0.15, 0.2) is 0 Å². The Bertz CT molecular complexity index is 1420. The van der Waals surface area contributed by atoms with Crippen molar-refractivity contribution in [3.63, 3.8) is 0 Å². The highest BCUT2D eigenvalue weighted by Crippen LogP contribution is 2.34. The van der Waals surface area contributed by atoms with Gasteiger partial charge in [-0.3, -0.25) is 0 Å². The molecular formula is C24H14Br2F3N3O. The molecule has 0 spiro atoms. The second kappa shape index (κ2) is 8.46. The Balaban J connectivity index is 1.48. The first-order valence-electron chi connectivity index (χ1n) is 9.82. The molecule has 4 nitrogen and oxygen atoms in total. The lowest BCUT2D eigenvalue weighted by Gasteiger charge is -2.08. The molecule has 1 aromatic heterocycles. The summed E-state index contributed by atoms with van der Waals surface area (Å²) in [5.74, 6) is 0. The topological polar surface area (TPSA) is 49.7 Å². The van der Waals surface area contributed by atoms with E-state index in [2.05, 4.69) is 42.0 Å². The molecule has 9 heteroatoms. The molecule has 5 rings (SSSR count). The van der Waals surface area contributed by atoms with Crippen LogP contribution in [0, 0.1) is 0 Å². The fraction of sp³-hybridized carbons (Fsp3) is 0.0833. The highest BCUT2D eigenvalue weighted by molar-refractivity contribution is 9.10. The van der Waals surface area contributed by atoms with Crippen LogP contribution in [0.1, 0.15) is 22.3 Å². The molecule has 0 radical (unpaired) electrons. The number of hydrogen-bond acceptors (Lipinski definition) is 3. The van der Waals surface area contributed by atoms with Crippen molar-refractivity contribution in [3.8, 4) is 0 Å². The van der Waals surface area contributed by atoms with E-state index in [9.17, 15) is 13.2 Å². The lowest BCUT2D eigenvalue weighted by molar-refractivity contribution is -0.137. The molecule has 166 valence electrons. The summed E-state index contributed by atoms with van der Waals surface area (Å²) >= 11 is 7.00. The normalized spacial score (nSPS) is 14.6. The van der Waals surface area contributed by atoms with Crippen molar-refractivity contribution in [2.45, 2.75) is 12.8 Å². The predicted molar refractivity (Wildman–Crippen MR) is 129 cm³/mol. The number of oxime groups is 1. The largest absolute Gasteiger partial charge is 0.416 e. The number of hydrogen-bond donors (Lipinski definition) is 1. The number of aromatic nitrogens is 1. The maximum atomic E-state index is 12.8. The minimum Gasteiger partial charge on any atom is -0.390 e. The Morgan fingerprint density at radius 2 is 1.64 bits per heavy atom. The smallest absolute Gasteiger partial charge is 0.390 e. The zero-order valence-corrected chi connectivity index (χ0v) is 19.9. The first kappa shape index (κ1) is 21.9. The molecule has 0 aliphatic carbocycles. The number of nitrogens with zero attached hydrogens (tertiary/aromatic N) is 2. The van der Waals surface area contributed by atoms with Crippen LogP contribution in [-0.4, -0.2) is 16.4 Å². The van der Waals surface area contributed by atoms with Gasteiger partial charge in [0.25, 0.3) is 0 Å². The van der Waals surface area contributed by atoms with Gasteiger partial charge < -0.3 is 9.82 Å². The maximum Gasteiger partial charge on any atom is 0.416 e. The van der Waals surface area contributed by atoms with Crippen molar-refractivity contribution in [2.75, 3.05) is 0 Å². The Kier molecular flexibility index (Phi) is 5.62. The summed E-state index contributed by atoms with van der Waals surface area (Å²) in [7, 11) is 0. The molecule has 33 heavy (non-hydrogen) atoms. The van der Waals surface area contributed by atoms with Gasteiger partial charge >= 0.3 is 6.18 Å². The highest BCUT2D eigenvalue weighted by atomic mass is 79.9. The third-order valence-corrected chi connectivity index (χ3v) is 6.22. The average Bonchev–Trinajstić information content (AvgIpc) is 3.34. The van der Waals surface area contributed by atoms with E-state index in [0.717, 1.165) is 48.8 Å². The third-order valence-electron chi connectivity index (χ3n) is 5.24. The molecule has 0 amide bonds. The van der Waals surface area contributed by atoms with Crippen LogP contribution in [0.15, 0.2) is 86.0 Å². The van der Waals surface area contributed by atoms with Crippen LogP contribution in [0.2, 0.25) is 0 Å². The van der Waals surface area contributed by atoms with E-state index in [-0.39, 0.29) is 6.61 Å². The number of aliphatic imine (C=N–C) groups is 1. The minimum atomic E-state index is -4.37. The van der Waals surface area contributed by atoms with Gasteiger partial charge in [-0.05, 0) is 54.1 Å². The van der Waals surface area contributed by atoms with Crippen LogP contribution < -0.4 is 0 Å². The lowest BCUT2D eigenvalue weighted by atomic mass is 10.0. The molecule has 4 aromatic rings. The molecule has 2 heterocycles. The molecule has 0 atom stereocenters. The van der Waals surface area contributed by atoms with Crippen molar-refractivity contribution in [2.24, 2.45) is 10.1 Å². The summed E-state index contributed by atoms with van der Waals surface area (Å²) in [6.45, 7) is 0.0255. The molecule has 0 saturated carbocycles. The van der Waals surface area contributed by atoms with Crippen LogP contribution >= 0.6 is 31.9 Å². The first-order chi connectivity index (χ1) is 15.8. The molecule has 3 aromatic carbocycles. The maximum absolute atomic E-state index is 12.8. The van der Waals surface area contributed by atoms with Gasteiger partial charge in [0.1, 0.15) is 18.0 Å². The quantitative estimate of drug-likeness (QED) is 0.248. The first-order valence-corrected chi connectivity index (χ1v) is 11.4. The Morgan fingerprint density at radius 1 is 0.909 bits per heavy atom. The number of aromatic amines is 1. The zero-order valence-electron chi connectivity index (χ0n) is 16.8. The van der Waals surface area contributed by atoms with E-state index in [1.165, 1.54) is 12.1 Å². The van der Waals surface area contributed by atoms with Gasteiger partial charge in [0.2, 0.25) is 0 Å². The summed E-state index contributed by atoms with van der Waals surface area (Å²) in [6.07, 6.45) is -2.50. The summed E-state index contributed by atoms with van der Waals surface area (Å²) in [4.78, 5) is 13.6. The van der Waals surface area contributed by atoms with E-state index in [0.29, 0.717) is 17.0 Å². The standard InChI is InChI=1S/C24H14Br2F3N3O/c25-15-5-7-20-17(9-15)19(11-30-20)22-23(18-10-16(26)6-8-21(18)31-22)32-33-12-13-1-3-14(4-2-13)24(27,28)29/h1-11,30H,12H2/b32-23+. The van der Waals surface area contributed by atoms with E-state index < -0.39 is 11.7 Å². The Morgan fingerprint density at radius 3 is 2.39 bits per heavy atom. The van der Waals surface area contributed by atoms with Crippen LogP contribution in [0.3, 0.4) is 0 Å². The van der Waals surface area contributed by atoms with Gasteiger partial charge in [-0.1, -0.05) is 49.1 Å². The Labute approximate surface area is 203 Å². The number of H-pyrrole nitrogens is 1. The van der Waals surface area contributed by atoms with Crippen molar-refractivity contribution in [1.29, 1.82) is 0 Å². The molecule has 0 bridgehead atoms. The van der Waals surface area contributed by atoms with Crippen molar-refractivity contribution in [3.05, 3.63) is 98.1 Å². The van der Waals surface area contributed by atoms with Crippen LogP contribution in [0.25, 0.3) is 10.9 Å². The molecule has 1 aliphatic rings. The number of rotatable bonds is 4. The highest BCUT2D eigenvalue weighted by Gasteiger charge is 2.30. The zero-order chi connectivity index (χ0) is 23.2. The van der Waals surface area contributed by atoms with Crippen LogP contribution in [0.5, 0.6) is 0 Å². The van der Waals surface area contributed by atoms with E-state index in [1.54, 1.807) is 0 Å². The molecule has 0 fully saturated rings. The number of nitrogens with one attached hydrogen (secondary N) is 1. The second-order valence-corrected chi connectivity index (χ2v) is 9.25. The van der Waals surface area contributed by atoms with E-state index in [1.807, 2.05) is 42.6 Å². The summed E-state index contributed by atoms with van der Waals surface area (Å²) in [6, 6.07) is 16.5. The number of fused-ring (bicyclic) bond motifs is 2. The van der Waals surface area contributed by atoms with Crippen molar-refractivity contribution < 1.29 is 18.0 Å². The molecular weight excluding hydrogens is 563 g/mol. The summed E-state index contributed by atoms with van der Waals surface area (Å²) in [5.41, 5.74) is 4.47. The SMILES string of the molecule is FC(F)(F)c1ccc(CO/N=C2/C(c3c[nH]c4ccc(Br)cc34)=Nc3ccc(Br)cc32)cc1. The minimum absolute atomic E-state index is 0.0255. The second-order valence-electron chi connectivity index (χ2n) is 7.42. The van der Waals surface area contributed by atoms with Gasteiger partial charge in [-0.15, -0.1) is 0 Å². The van der Waals surface area contributed by atoms with Gasteiger partial charge in [-0.25, -0.2) is 4.99 Å². The lowest BCUT2D eigenvalue weighted by Crippen LogP contribution is -2.13. The van der Waals surface area contributed by atoms with E-state index in [4.69, 9.17) is 9.83 Å².